The van der Waals surface area contributed by atoms with E-state index in [1.165, 1.54) is 18.5 Å². The van der Waals surface area contributed by atoms with Crippen molar-refractivity contribution in [1.29, 1.82) is 0 Å². The molecule has 1 aliphatic carbocycles. The Labute approximate surface area is 78.4 Å². The summed E-state index contributed by atoms with van der Waals surface area (Å²) in [6.07, 6.45) is 3.37. The van der Waals surface area contributed by atoms with Gasteiger partial charge in [-0.2, -0.15) is 0 Å². The molecule has 1 aromatic heterocycles. The predicted octanol–water partition coefficient (Wildman–Crippen LogP) is 1.16. The summed E-state index contributed by atoms with van der Waals surface area (Å²) in [5, 5.41) is 0. The van der Waals surface area contributed by atoms with Gasteiger partial charge in [-0.3, -0.25) is 0 Å². The van der Waals surface area contributed by atoms with Gasteiger partial charge in [0.2, 0.25) is 0 Å². The summed E-state index contributed by atoms with van der Waals surface area (Å²) in [7, 11) is 0. The maximum atomic E-state index is 5.47. The summed E-state index contributed by atoms with van der Waals surface area (Å²) in [4.78, 5) is 8.84. The summed E-state index contributed by atoms with van der Waals surface area (Å²) >= 11 is 0. The molecule has 0 unspecified atom stereocenters. The largest absolute Gasteiger partial charge is 0.330 e. The number of rotatable bonds is 3. The average Bonchev–Trinajstić information content (AvgIpc) is 2.85. The van der Waals surface area contributed by atoms with E-state index in [0.29, 0.717) is 12.5 Å². The maximum Gasteiger partial charge on any atom is 0.130 e. The summed E-state index contributed by atoms with van der Waals surface area (Å²) in [5.41, 5.74) is 7.76. The van der Waals surface area contributed by atoms with Gasteiger partial charge in [0.25, 0.3) is 0 Å². The zero-order chi connectivity index (χ0) is 9.26. The van der Waals surface area contributed by atoms with Gasteiger partial charge in [0.15, 0.2) is 0 Å². The van der Waals surface area contributed by atoms with Crippen molar-refractivity contribution in [2.45, 2.75) is 32.1 Å². The van der Waals surface area contributed by atoms with E-state index in [0.717, 1.165) is 17.9 Å². The number of nitrogens with two attached hydrogens (primary N) is 1. The van der Waals surface area contributed by atoms with Crippen LogP contribution in [0.25, 0.3) is 0 Å². The van der Waals surface area contributed by atoms with Gasteiger partial charge in [0.05, 0.1) is 0 Å². The van der Waals surface area contributed by atoms with E-state index in [1.54, 1.807) is 0 Å². The first-order valence-electron chi connectivity index (χ1n) is 4.84. The summed E-state index contributed by atoms with van der Waals surface area (Å²) < 4.78 is 0. The van der Waals surface area contributed by atoms with Crippen LogP contribution in [0.5, 0.6) is 0 Å². The summed E-state index contributed by atoms with van der Waals surface area (Å²) in [5.74, 6) is 1.61. The van der Waals surface area contributed by atoms with Crippen LogP contribution in [0.4, 0.5) is 0 Å². The van der Waals surface area contributed by atoms with E-state index >= 15 is 0 Å². The molecule has 2 N–H and O–H groups in total. The molecule has 1 aliphatic rings. The lowest BCUT2D eigenvalue weighted by Gasteiger charge is -2.03. The van der Waals surface area contributed by atoms with Crippen molar-refractivity contribution in [3.63, 3.8) is 0 Å². The molecule has 0 amide bonds. The molecule has 0 radical (unpaired) electrons. The van der Waals surface area contributed by atoms with Gasteiger partial charge < -0.3 is 5.73 Å². The van der Waals surface area contributed by atoms with Crippen molar-refractivity contribution in [3.8, 4) is 0 Å². The molecule has 70 valence electrons. The molecule has 1 fully saturated rings. The van der Waals surface area contributed by atoms with E-state index in [4.69, 9.17) is 5.73 Å². The van der Waals surface area contributed by atoms with Crippen molar-refractivity contribution < 1.29 is 0 Å². The van der Waals surface area contributed by atoms with E-state index < -0.39 is 0 Å². The molecule has 0 bridgehead atoms. The van der Waals surface area contributed by atoms with Crippen LogP contribution in [-0.2, 0) is 6.42 Å². The number of aryl methyl sites for hydroxylation is 1. The van der Waals surface area contributed by atoms with Gasteiger partial charge in [-0.15, -0.1) is 0 Å². The van der Waals surface area contributed by atoms with Crippen LogP contribution in [0, 0.1) is 6.92 Å². The normalized spacial score (nSPS) is 16.2. The van der Waals surface area contributed by atoms with Crippen LogP contribution >= 0.6 is 0 Å². The first-order chi connectivity index (χ1) is 6.29. The Bertz CT molecular complexity index is 305. The van der Waals surface area contributed by atoms with Gasteiger partial charge >= 0.3 is 0 Å². The molecule has 1 heterocycles. The third-order valence-electron chi connectivity index (χ3n) is 2.28. The zero-order valence-corrected chi connectivity index (χ0v) is 7.95. The van der Waals surface area contributed by atoms with Crippen LogP contribution in [0.15, 0.2) is 6.07 Å². The van der Waals surface area contributed by atoms with Gasteiger partial charge in [0, 0.05) is 23.7 Å². The second-order valence-corrected chi connectivity index (χ2v) is 3.66. The molecule has 1 aromatic rings. The van der Waals surface area contributed by atoms with Crippen LogP contribution in [0.3, 0.4) is 0 Å². The Kier molecular flexibility index (Phi) is 2.27. The third kappa shape index (κ3) is 2.04. The molecule has 2 rings (SSSR count). The van der Waals surface area contributed by atoms with Crippen LogP contribution in [-0.4, -0.2) is 16.5 Å². The number of aromatic nitrogens is 2. The number of hydrogen-bond acceptors (Lipinski definition) is 3. The molecule has 0 atom stereocenters. The highest BCUT2D eigenvalue weighted by Gasteiger charge is 2.25. The zero-order valence-electron chi connectivity index (χ0n) is 7.95. The maximum absolute atomic E-state index is 5.47. The summed E-state index contributed by atoms with van der Waals surface area (Å²) in [6, 6.07) is 2.09. The fourth-order valence-electron chi connectivity index (χ4n) is 1.49. The Morgan fingerprint density at radius 1 is 1.46 bits per heavy atom. The van der Waals surface area contributed by atoms with E-state index in [1.807, 2.05) is 6.92 Å². The average molecular weight is 177 g/mol. The predicted molar refractivity (Wildman–Crippen MR) is 51.5 cm³/mol. The van der Waals surface area contributed by atoms with Crippen molar-refractivity contribution in [2.75, 3.05) is 6.54 Å². The molecule has 1 saturated carbocycles. The van der Waals surface area contributed by atoms with E-state index in [2.05, 4.69) is 16.0 Å². The Morgan fingerprint density at radius 3 is 2.85 bits per heavy atom. The van der Waals surface area contributed by atoms with Gasteiger partial charge in [-0.25, -0.2) is 9.97 Å². The van der Waals surface area contributed by atoms with Gasteiger partial charge in [-0.1, -0.05) is 0 Å². The minimum absolute atomic E-state index is 0.633. The number of hydrogen-bond donors (Lipinski definition) is 1. The lowest BCUT2D eigenvalue weighted by molar-refractivity contribution is 0.824. The molecule has 0 saturated heterocycles. The molecular weight excluding hydrogens is 162 g/mol. The SMILES string of the molecule is Cc1cc(C2CC2)nc(CCN)n1. The molecule has 3 heteroatoms. The molecule has 13 heavy (non-hydrogen) atoms. The fraction of sp³-hybridized carbons (Fsp3) is 0.600. The number of nitrogens with zero attached hydrogens (tertiary/aromatic N) is 2. The first kappa shape index (κ1) is 8.63. The standard InChI is InChI=1S/C10H15N3/c1-7-6-9(8-2-3-8)13-10(12-7)4-5-11/h6,8H,2-5,11H2,1H3. The minimum Gasteiger partial charge on any atom is -0.330 e. The molecular formula is C10H15N3. The monoisotopic (exact) mass is 177 g/mol. The molecule has 0 aromatic carbocycles. The molecule has 0 spiro atoms. The molecule has 0 aliphatic heterocycles. The highest BCUT2D eigenvalue weighted by molar-refractivity contribution is 5.18. The van der Waals surface area contributed by atoms with Gasteiger partial charge in [0.1, 0.15) is 5.82 Å². The highest BCUT2D eigenvalue weighted by Crippen LogP contribution is 2.38. The second kappa shape index (κ2) is 3.42. The van der Waals surface area contributed by atoms with E-state index in [-0.39, 0.29) is 0 Å². The van der Waals surface area contributed by atoms with Crippen molar-refractivity contribution >= 4 is 0 Å². The Hall–Kier alpha value is -0.960. The lowest BCUT2D eigenvalue weighted by Crippen LogP contribution is -2.08. The second-order valence-electron chi connectivity index (χ2n) is 3.66. The third-order valence-corrected chi connectivity index (χ3v) is 2.28. The molecule has 3 nitrogen and oxygen atoms in total. The Balaban J connectivity index is 2.25. The minimum atomic E-state index is 0.633. The van der Waals surface area contributed by atoms with Crippen LogP contribution in [0.1, 0.15) is 36.0 Å². The van der Waals surface area contributed by atoms with Crippen molar-refractivity contribution in [1.82, 2.24) is 9.97 Å². The Morgan fingerprint density at radius 2 is 2.23 bits per heavy atom. The van der Waals surface area contributed by atoms with Crippen LogP contribution < -0.4 is 5.73 Å². The van der Waals surface area contributed by atoms with E-state index in [9.17, 15) is 0 Å². The smallest absolute Gasteiger partial charge is 0.130 e. The van der Waals surface area contributed by atoms with Crippen molar-refractivity contribution in [2.24, 2.45) is 5.73 Å². The van der Waals surface area contributed by atoms with Gasteiger partial charge in [-0.05, 0) is 32.4 Å². The topological polar surface area (TPSA) is 51.8 Å². The first-order valence-corrected chi connectivity index (χ1v) is 4.84. The van der Waals surface area contributed by atoms with Crippen LogP contribution in [0.2, 0.25) is 0 Å². The quantitative estimate of drug-likeness (QED) is 0.753. The fourth-order valence-corrected chi connectivity index (χ4v) is 1.49. The summed E-state index contributed by atoms with van der Waals surface area (Å²) in [6.45, 7) is 2.65. The van der Waals surface area contributed by atoms with Crippen molar-refractivity contribution in [3.05, 3.63) is 23.3 Å². The highest BCUT2D eigenvalue weighted by atomic mass is 14.9. The lowest BCUT2D eigenvalue weighted by atomic mass is 10.2.